The van der Waals surface area contributed by atoms with Crippen LogP contribution in [0.1, 0.15) is 44.1 Å². The summed E-state index contributed by atoms with van der Waals surface area (Å²) in [5.41, 5.74) is 5.25. The smallest absolute Gasteiger partial charge is 0.274 e. The predicted octanol–water partition coefficient (Wildman–Crippen LogP) is 3.16. The number of carbonyl (C=O) groups is 2. The summed E-state index contributed by atoms with van der Waals surface area (Å²) in [6.45, 7) is 4.99. The summed E-state index contributed by atoms with van der Waals surface area (Å²) < 4.78 is 13.7. The van der Waals surface area contributed by atoms with E-state index in [0.717, 1.165) is 28.1 Å². The molecule has 33 heavy (non-hydrogen) atoms. The fourth-order valence-electron chi connectivity index (χ4n) is 3.81. The number of rotatable bonds is 5. The normalized spacial score (nSPS) is 13.1. The number of benzene rings is 1. The average molecular weight is 445 g/mol. The maximum Gasteiger partial charge on any atom is 0.274 e. The van der Waals surface area contributed by atoms with Gasteiger partial charge in [-0.05, 0) is 49.1 Å². The van der Waals surface area contributed by atoms with Crippen molar-refractivity contribution in [3.8, 4) is 0 Å². The van der Waals surface area contributed by atoms with Crippen LogP contribution in [0, 0.1) is 19.7 Å². The summed E-state index contributed by atoms with van der Waals surface area (Å²) in [5, 5.41) is 2.86. The number of aryl methyl sites for hydroxylation is 2. The Morgan fingerprint density at radius 3 is 2.70 bits per heavy atom. The largest absolute Gasteiger partial charge is 0.348 e. The van der Waals surface area contributed by atoms with Crippen LogP contribution in [-0.4, -0.2) is 38.2 Å². The lowest BCUT2D eigenvalue weighted by Crippen LogP contribution is -2.37. The molecular weight excluding hydrogens is 421 g/mol. The number of nitrogens with zero attached hydrogens (tertiary/aromatic N) is 4. The Kier molecular flexibility index (Phi) is 6.53. The third kappa shape index (κ3) is 5.11. The lowest BCUT2D eigenvalue weighted by atomic mass is 9.94. The van der Waals surface area contributed by atoms with Crippen LogP contribution in [0.5, 0.6) is 0 Å². The number of nitrogens with one attached hydrogen (secondary N) is 1. The fraction of sp³-hybridized carbons (Fsp3) is 0.240. The van der Waals surface area contributed by atoms with E-state index in [0.29, 0.717) is 37.3 Å². The number of halogens is 1. The summed E-state index contributed by atoms with van der Waals surface area (Å²) in [7, 11) is 0. The SMILES string of the molecule is Cc1cnc(C(=O)N2CCc3c(cnc(C)c3CNC(=O)/C=C/c3ccccc3F)C2)cn1. The van der Waals surface area contributed by atoms with E-state index < -0.39 is 0 Å². The third-order valence-electron chi connectivity index (χ3n) is 5.64. The summed E-state index contributed by atoms with van der Waals surface area (Å²) in [5.74, 6) is -0.864. The van der Waals surface area contributed by atoms with Gasteiger partial charge in [-0.15, -0.1) is 0 Å². The number of hydrogen-bond acceptors (Lipinski definition) is 5. The van der Waals surface area contributed by atoms with Crippen LogP contribution in [0.4, 0.5) is 4.39 Å². The Labute approximate surface area is 191 Å². The number of hydrogen-bond donors (Lipinski definition) is 1. The molecule has 1 aromatic carbocycles. The summed E-state index contributed by atoms with van der Waals surface area (Å²) in [4.78, 5) is 39.7. The fourth-order valence-corrected chi connectivity index (χ4v) is 3.81. The summed E-state index contributed by atoms with van der Waals surface area (Å²) in [6.07, 6.45) is 8.29. The molecule has 2 aromatic heterocycles. The van der Waals surface area contributed by atoms with Crippen molar-refractivity contribution in [3.05, 3.63) is 94.1 Å². The van der Waals surface area contributed by atoms with E-state index in [1.807, 2.05) is 13.8 Å². The molecular formula is C25H24FN5O2. The van der Waals surface area contributed by atoms with E-state index in [4.69, 9.17) is 0 Å². The van der Waals surface area contributed by atoms with Crippen molar-refractivity contribution in [2.75, 3.05) is 6.54 Å². The number of aromatic nitrogens is 3. The standard InChI is InChI=1S/C25H24FN5O2/c1-16-11-29-23(14-27-16)25(33)31-10-9-20-19(15-31)12-28-17(2)21(20)13-30-24(32)8-7-18-5-3-4-6-22(18)26/h3-8,11-12,14H,9-10,13,15H2,1-2H3,(H,30,32)/b8-7+. The molecule has 2 amide bonds. The van der Waals surface area contributed by atoms with Crippen molar-refractivity contribution in [1.82, 2.24) is 25.2 Å². The Balaban J connectivity index is 1.44. The molecule has 7 nitrogen and oxygen atoms in total. The monoisotopic (exact) mass is 445 g/mol. The van der Waals surface area contributed by atoms with Crippen molar-refractivity contribution in [3.63, 3.8) is 0 Å². The second-order valence-corrected chi connectivity index (χ2v) is 7.92. The van der Waals surface area contributed by atoms with Gasteiger partial charge in [0.25, 0.3) is 5.91 Å². The van der Waals surface area contributed by atoms with Crippen LogP contribution in [0.25, 0.3) is 6.08 Å². The molecule has 0 saturated carbocycles. The van der Waals surface area contributed by atoms with Crippen molar-refractivity contribution in [1.29, 1.82) is 0 Å². The predicted molar refractivity (Wildman–Crippen MR) is 121 cm³/mol. The lowest BCUT2D eigenvalue weighted by molar-refractivity contribution is -0.116. The first-order valence-electron chi connectivity index (χ1n) is 10.7. The first-order valence-corrected chi connectivity index (χ1v) is 10.7. The van der Waals surface area contributed by atoms with Gasteiger partial charge in [0, 0.05) is 49.4 Å². The van der Waals surface area contributed by atoms with Gasteiger partial charge in [0.15, 0.2) is 0 Å². The number of carbonyl (C=O) groups excluding carboxylic acids is 2. The molecule has 0 fully saturated rings. The van der Waals surface area contributed by atoms with Crippen LogP contribution >= 0.6 is 0 Å². The van der Waals surface area contributed by atoms with Gasteiger partial charge in [0.05, 0.1) is 11.9 Å². The molecule has 168 valence electrons. The molecule has 4 rings (SSSR count). The Morgan fingerprint density at radius 2 is 1.94 bits per heavy atom. The molecule has 1 N–H and O–H groups in total. The second-order valence-electron chi connectivity index (χ2n) is 7.92. The van der Waals surface area contributed by atoms with Crippen molar-refractivity contribution >= 4 is 17.9 Å². The highest BCUT2D eigenvalue weighted by atomic mass is 19.1. The van der Waals surface area contributed by atoms with Crippen LogP contribution in [0.3, 0.4) is 0 Å². The Morgan fingerprint density at radius 1 is 1.12 bits per heavy atom. The van der Waals surface area contributed by atoms with Crippen LogP contribution in [0.2, 0.25) is 0 Å². The molecule has 0 atom stereocenters. The molecule has 0 radical (unpaired) electrons. The third-order valence-corrected chi connectivity index (χ3v) is 5.64. The minimum absolute atomic E-state index is 0.165. The van der Waals surface area contributed by atoms with Gasteiger partial charge >= 0.3 is 0 Å². The minimum atomic E-state index is -0.380. The van der Waals surface area contributed by atoms with Crippen LogP contribution < -0.4 is 5.32 Å². The zero-order valence-corrected chi connectivity index (χ0v) is 18.5. The van der Waals surface area contributed by atoms with Crippen LogP contribution in [0.15, 0.2) is 48.9 Å². The van der Waals surface area contributed by atoms with Gasteiger partial charge in [-0.3, -0.25) is 19.6 Å². The zero-order valence-electron chi connectivity index (χ0n) is 18.5. The van der Waals surface area contributed by atoms with E-state index >= 15 is 0 Å². The first kappa shape index (κ1) is 22.3. The molecule has 0 aliphatic carbocycles. The molecule has 1 aliphatic heterocycles. The summed E-state index contributed by atoms with van der Waals surface area (Å²) >= 11 is 0. The van der Waals surface area contributed by atoms with Gasteiger partial charge in [-0.2, -0.15) is 0 Å². The molecule has 0 saturated heterocycles. The van der Waals surface area contributed by atoms with E-state index in [1.165, 1.54) is 24.4 Å². The molecule has 0 bridgehead atoms. The van der Waals surface area contributed by atoms with Gasteiger partial charge in [0.1, 0.15) is 11.5 Å². The topological polar surface area (TPSA) is 88.1 Å². The molecule has 0 unspecified atom stereocenters. The van der Waals surface area contributed by atoms with Gasteiger partial charge in [-0.1, -0.05) is 18.2 Å². The number of pyridine rings is 1. The Bertz CT molecular complexity index is 1220. The minimum Gasteiger partial charge on any atom is -0.348 e. The van der Waals surface area contributed by atoms with Crippen LogP contribution in [-0.2, 0) is 24.3 Å². The van der Waals surface area contributed by atoms with Gasteiger partial charge in [-0.25, -0.2) is 9.37 Å². The van der Waals surface area contributed by atoms with E-state index in [9.17, 15) is 14.0 Å². The molecule has 8 heteroatoms. The number of amides is 2. The maximum absolute atomic E-state index is 13.7. The average Bonchev–Trinajstić information content (AvgIpc) is 2.82. The highest BCUT2D eigenvalue weighted by Gasteiger charge is 2.25. The van der Waals surface area contributed by atoms with E-state index in [1.54, 1.807) is 35.5 Å². The van der Waals surface area contributed by atoms with Crippen molar-refractivity contribution in [2.45, 2.75) is 33.4 Å². The van der Waals surface area contributed by atoms with E-state index in [-0.39, 0.29) is 17.6 Å². The molecule has 3 heterocycles. The molecule has 1 aliphatic rings. The van der Waals surface area contributed by atoms with Crippen molar-refractivity contribution < 1.29 is 14.0 Å². The second kappa shape index (κ2) is 9.68. The number of fused-ring (bicyclic) bond motifs is 1. The Hall–Kier alpha value is -3.94. The molecule has 3 aromatic rings. The zero-order chi connectivity index (χ0) is 23.4. The van der Waals surface area contributed by atoms with Gasteiger partial charge < -0.3 is 10.2 Å². The first-order chi connectivity index (χ1) is 15.9. The van der Waals surface area contributed by atoms with Gasteiger partial charge in [0.2, 0.25) is 5.91 Å². The van der Waals surface area contributed by atoms with Crippen molar-refractivity contribution in [2.24, 2.45) is 0 Å². The maximum atomic E-state index is 13.7. The highest BCUT2D eigenvalue weighted by molar-refractivity contribution is 5.92. The lowest BCUT2D eigenvalue weighted by Gasteiger charge is -2.30. The van der Waals surface area contributed by atoms with E-state index in [2.05, 4.69) is 20.3 Å². The molecule has 0 spiro atoms. The summed E-state index contributed by atoms with van der Waals surface area (Å²) in [6, 6.07) is 6.27. The highest BCUT2D eigenvalue weighted by Crippen LogP contribution is 2.24. The quantitative estimate of drug-likeness (QED) is 0.610.